The Labute approximate surface area is 185 Å². The van der Waals surface area contributed by atoms with Crippen molar-refractivity contribution in [2.75, 3.05) is 59.5 Å². The van der Waals surface area contributed by atoms with Gasteiger partial charge in [0.2, 0.25) is 21.8 Å². The van der Waals surface area contributed by atoms with E-state index < -0.39 is 10.0 Å². The molecule has 0 radical (unpaired) electrons. The molecule has 1 aliphatic rings. The number of rotatable bonds is 11. The lowest BCUT2D eigenvalue weighted by Crippen LogP contribution is -2.51. The molecule has 0 saturated carbocycles. The third kappa shape index (κ3) is 8.21. The molecule has 1 saturated heterocycles. The molecular weight excluding hydrogens is 420 g/mol. The summed E-state index contributed by atoms with van der Waals surface area (Å²) >= 11 is 0. The number of aryl methyl sites for hydroxylation is 2. The zero-order chi connectivity index (χ0) is 22.9. The van der Waals surface area contributed by atoms with Crippen molar-refractivity contribution in [3.8, 4) is 0 Å². The largest absolute Gasteiger partial charge is 0.385 e. The summed E-state index contributed by atoms with van der Waals surface area (Å²) in [5.74, 6) is -0.122. The Balaban J connectivity index is 1.69. The van der Waals surface area contributed by atoms with Crippen molar-refractivity contribution in [1.29, 1.82) is 0 Å². The molecule has 2 N–H and O–H groups in total. The number of piperazine rings is 1. The van der Waals surface area contributed by atoms with Crippen molar-refractivity contribution in [1.82, 2.24) is 19.8 Å². The second-order valence-corrected chi connectivity index (χ2v) is 9.51. The minimum absolute atomic E-state index is 0.0309. The Bertz CT molecular complexity index is 851. The van der Waals surface area contributed by atoms with Crippen molar-refractivity contribution in [2.45, 2.75) is 31.6 Å². The SMILES string of the molecule is COCCCNC(=O)CN1CCN(C(=O)CCNS(=O)(=O)c2ccc(C)c(C)c2)CC1. The summed E-state index contributed by atoms with van der Waals surface area (Å²) in [6.07, 6.45) is 0.877. The van der Waals surface area contributed by atoms with Gasteiger partial charge in [-0.3, -0.25) is 14.5 Å². The smallest absolute Gasteiger partial charge is 0.240 e. The monoisotopic (exact) mass is 454 g/mol. The van der Waals surface area contributed by atoms with Crippen LogP contribution < -0.4 is 10.0 Å². The van der Waals surface area contributed by atoms with Crippen molar-refractivity contribution in [3.63, 3.8) is 0 Å². The third-order valence-electron chi connectivity index (χ3n) is 5.36. The Morgan fingerprint density at radius 3 is 2.42 bits per heavy atom. The number of hydrogen-bond donors (Lipinski definition) is 2. The van der Waals surface area contributed by atoms with E-state index in [9.17, 15) is 18.0 Å². The van der Waals surface area contributed by atoms with Crippen LogP contribution in [0.15, 0.2) is 23.1 Å². The summed E-state index contributed by atoms with van der Waals surface area (Å²) in [7, 11) is -2.01. The molecule has 1 aliphatic heterocycles. The van der Waals surface area contributed by atoms with Gasteiger partial charge < -0.3 is 15.0 Å². The fourth-order valence-corrected chi connectivity index (χ4v) is 4.39. The van der Waals surface area contributed by atoms with Crippen LogP contribution in [-0.2, 0) is 24.3 Å². The van der Waals surface area contributed by atoms with E-state index in [0.717, 1.165) is 17.5 Å². The molecule has 174 valence electrons. The van der Waals surface area contributed by atoms with Crippen molar-refractivity contribution in [3.05, 3.63) is 29.3 Å². The summed E-state index contributed by atoms with van der Waals surface area (Å²) in [6.45, 7) is 7.64. The molecule has 1 aromatic carbocycles. The number of amides is 2. The van der Waals surface area contributed by atoms with Crippen LogP contribution in [0.1, 0.15) is 24.0 Å². The fourth-order valence-electron chi connectivity index (χ4n) is 3.27. The molecule has 9 nitrogen and oxygen atoms in total. The normalized spacial score (nSPS) is 15.1. The van der Waals surface area contributed by atoms with Crippen molar-refractivity contribution in [2.24, 2.45) is 0 Å². The van der Waals surface area contributed by atoms with Gasteiger partial charge in [-0.25, -0.2) is 13.1 Å². The van der Waals surface area contributed by atoms with Gasteiger partial charge in [-0.2, -0.15) is 0 Å². The molecule has 1 heterocycles. The number of methoxy groups -OCH3 is 1. The Hall–Kier alpha value is -2.01. The van der Waals surface area contributed by atoms with Crippen LogP contribution in [0.4, 0.5) is 0 Å². The van der Waals surface area contributed by atoms with Gasteiger partial charge in [-0.15, -0.1) is 0 Å². The van der Waals surface area contributed by atoms with Gasteiger partial charge in [0.15, 0.2) is 0 Å². The minimum atomic E-state index is -3.64. The molecule has 0 bridgehead atoms. The molecule has 0 spiro atoms. The average Bonchev–Trinajstić information content (AvgIpc) is 2.73. The molecule has 0 atom stereocenters. The molecule has 31 heavy (non-hydrogen) atoms. The van der Waals surface area contributed by atoms with Gasteiger partial charge in [0.25, 0.3) is 0 Å². The van der Waals surface area contributed by atoms with Gasteiger partial charge in [0.05, 0.1) is 11.4 Å². The zero-order valence-electron chi connectivity index (χ0n) is 18.6. The van der Waals surface area contributed by atoms with Crippen LogP contribution in [0, 0.1) is 13.8 Å². The highest BCUT2D eigenvalue weighted by Crippen LogP contribution is 2.14. The molecule has 0 aromatic heterocycles. The highest BCUT2D eigenvalue weighted by molar-refractivity contribution is 7.89. The number of hydrogen-bond acceptors (Lipinski definition) is 6. The number of ether oxygens (including phenoxy) is 1. The van der Waals surface area contributed by atoms with Gasteiger partial charge in [-0.1, -0.05) is 6.07 Å². The predicted octanol–water partition coefficient (Wildman–Crippen LogP) is 0.269. The number of sulfonamides is 1. The maximum Gasteiger partial charge on any atom is 0.240 e. The van der Waals surface area contributed by atoms with Crippen LogP contribution in [0.5, 0.6) is 0 Å². The van der Waals surface area contributed by atoms with E-state index in [0.29, 0.717) is 45.9 Å². The average molecular weight is 455 g/mol. The second-order valence-electron chi connectivity index (χ2n) is 7.75. The highest BCUT2D eigenvalue weighted by atomic mass is 32.2. The number of carbonyl (C=O) groups is 2. The summed E-state index contributed by atoms with van der Waals surface area (Å²) < 4.78 is 32.3. The van der Waals surface area contributed by atoms with E-state index in [2.05, 4.69) is 10.0 Å². The standard InChI is InChI=1S/C21H34N4O5S/c1-17-5-6-19(15-18(17)2)31(28,29)23-9-7-21(27)25-12-10-24(11-13-25)16-20(26)22-8-4-14-30-3/h5-6,15,23H,4,7-14,16H2,1-3H3,(H,22,26). The van der Waals surface area contributed by atoms with E-state index in [1.807, 2.05) is 18.7 Å². The molecule has 0 unspecified atom stereocenters. The lowest BCUT2D eigenvalue weighted by molar-refractivity contribution is -0.133. The number of carbonyl (C=O) groups excluding carboxylic acids is 2. The van der Waals surface area contributed by atoms with Crippen molar-refractivity contribution >= 4 is 21.8 Å². The first-order chi connectivity index (χ1) is 14.7. The lowest BCUT2D eigenvalue weighted by Gasteiger charge is -2.34. The maximum absolute atomic E-state index is 12.4. The number of nitrogens with zero attached hydrogens (tertiary/aromatic N) is 2. The van der Waals surface area contributed by atoms with Crippen molar-refractivity contribution < 1.29 is 22.7 Å². The molecule has 1 fully saturated rings. The Morgan fingerprint density at radius 2 is 1.77 bits per heavy atom. The van der Waals surface area contributed by atoms with Gasteiger partial charge in [0, 0.05) is 59.4 Å². The summed E-state index contributed by atoms with van der Waals surface area (Å²) in [5.41, 5.74) is 1.93. The van der Waals surface area contributed by atoms with E-state index in [1.165, 1.54) is 0 Å². The first-order valence-corrected chi connectivity index (χ1v) is 12.0. The molecule has 2 rings (SSSR count). The third-order valence-corrected chi connectivity index (χ3v) is 6.82. The summed E-state index contributed by atoms with van der Waals surface area (Å²) in [6, 6.07) is 4.97. The van der Waals surface area contributed by atoms with E-state index in [-0.39, 0.29) is 29.7 Å². The second kappa shape index (κ2) is 12.1. The van der Waals surface area contributed by atoms with E-state index in [4.69, 9.17) is 4.74 Å². The first kappa shape index (κ1) is 25.3. The maximum atomic E-state index is 12.4. The minimum Gasteiger partial charge on any atom is -0.385 e. The molecule has 0 aliphatic carbocycles. The summed E-state index contributed by atoms with van der Waals surface area (Å²) in [5, 5.41) is 2.85. The molecule has 2 amide bonds. The number of nitrogens with one attached hydrogen (secondary N) is 2. The van der Waals surface area contributed by atoms with Gasteiger partial charge in [-0.05, 0) is 43.5 Å². The Kier molecular flexibility index (Phi) is 9.89. The summed E-state index contributed by atoms with van der Waals surface area (Å²) in [4.78, 5) is 28.3. The van der Waals surface area contributed by atoms with Crippen LogP contribution in [-0.4, -0.2) is 89.6 Å². The van der Waals surface area contributed by atoms with Crippen LogP contribution in [0.2, 0.25) is 0 Å². The zero-order valence-corrected chi connectivity index (χ0v) is 19.5. The van der Waals surface area contributed by atoms with Crippen LogP contribution in [0.25, 0.3) is 0 Å². The highest BCUT2D eigenvalue weighted by Gasteiger charge is 2.23. The van der Waals surface area contributed by atoms with Gasteiger partial charge >= 0.3 is 0 Å². The van der Waals surface area contributed by atoms with E-state index >= 15 is 0 Å². The predicted molar refractivity (Wildman–Crippen MR) is 118 cm³/mol. The van der Waals surface area contributed by atoms with E-state index in [1.54, 1.807) is 30.2 Å². The topological polar surface area (TPSA) is 108 Å². The molecule has 1 aromatic rings. The van der Waals surface area contributed by atoms with Crippen LogP contribution in [0.3, 0.4) is 0 Å². The fraction of sp³-hybridized carbons (Fsp3) is 0.619. The lowest BCUT2D eigenvalue weighted by atomic mass is 10.1. The molecule has 10 heteroatoms. The van der Waals surface area contributed by atoms with Crippen LogP contribution >= 0.6 is 0 Å². The Morgan fingerprint density at radius 1 is 1.06 bits per heavy atom. The quantitative estimate of drug-likeness (QED) is 0.465. The van der Waals surface area contributed by atoms with Gasteiger partial charge in [0.1, 0.15) is 0 Å². The number of benzene rings is 1. The molecular formula is C21H34N4O5S. The first-order valence-electron chi connectivity index (χ1n) is 10.6.